The molecule has 3 rings (SSSR count). The number of hydrogen-bond donors (Lipinski definition) is 1. The van der Waals surface area contributed by atoms with Crippen LogP contribution in [0.3, 0.4) is 0 Å². The average Bonchev–Trinajstić information content (AvgIpc) is 3.16. The summed E-state index contributed by atoms with van der Waals surface area (Å²) >= 11 is 0. The molecule has 1 unspecified atom stereocenters. The minimum absolute atomic E-state index is 0.257. The van der Waals surface area contributed by atoms with Gasteiger partial charge in [-0.25, -0.2) is 8.42 Å². The Labute approximate surface area is 116 Å². The number of nitrogens with zero attached hydrogens (tertiary/aromatic N) is 1. The lowest BCUT2D eigenvalue weighted by atomic mass is 9.94. The molecular weight excluding hydrogens is 260 g/mol. The van der Waals surface area contributed by atoms with E-state index in [1.54, 1.807) is 0 Å². The van der Waals surface area contributed by atoms with Gasteiger partial charge in [0.05, 0.1) is 11.5 Å². The van der Waals surface area contributed by atoms with Crippen LogP contribution in [-0.4, -0.2) is 56.0 Å². The molecule has 1 saturated carbocycles. The van der Waals surface area contributed by atoms with E-state index in [4.69, 9.17) is 0 Å². The van der Waals surface area contributed by atoms with Gasteiger partial charge in [-0.15, -0.1) is 0 Å². The van der Waals surface area contributed by atoms with Crippen LogP contribution in [-0.2, 0) is 9.84 Å². The Kier molecular flexibility index (Phi) is 3.65. The molecule has 3 fully saturated rings. The predicted molar refractivity (Wildman–Crippen MR) is 77.0 cm³/mol. The molecule has 19 heavy (non-hydrogen) atoms. The average molecular weight is 286 g/mol. The molecule has 1 aliphatic carbocycles. The Morgan fingerprint density at radius 2 is 1.84 bits per heavy atom. The number of nitrogens with one attached hydrogen (secondary N) is 1. The van der Waals surface area contributed by atoms with E-state index in [1.165, 1.54) is 19.3 Å². The number of rotatable bonds is 2. The monoisotopic (exact) mass is 286 g/mol. The molecule has 3 aliphatic rings. The Hall–Kier alpha value is -0.130. The molecule has 0 aromatic heterocycles. The first kappa shape index (κ1) is 13.8. The first-order valence-corrected chi connectivity index (χ1v) is 9.50. The summed E-state index contributed by atoms with van der Waals surface area (Å²) in [5, 5.41) is 3.75. The van der Waals surface area contributed by atoms with Crippen molar-refractivity contribution >= 4 is 9.84 Å². The molecule has 5 heteroatoms. The van der Waals surface area contributed by atoms with E-state index in [0.29, 0.717) is 17.5 Å². The smallest absolute Gasteiger partial charge is 0.150 e. The molecule has 1 atom stereocenters. The lowest BCUT2D eigenvalue weighted by molar-refractivity contribution is 0.142. The second kappa shape index (κ2) is 5.01. The van der Waals surface area contributed by atoms with Crippen molar-refractivity contribution in [3.63, 3.8) is 0 Å². The van der Waals surface area contributed by atoms with Gasteiger partial charge < -0.3 is 5.32 Å². The van der Waals surface area contributed by atoms with Crippen LogP contribution in [0, 0.1) is 5.92 Å². The van der Waals surface area contributed by atoms with Crippen LogP contribution in [0.15, 0.2) is 0 Å². The predicted octanol–water partition coefficient (Wildman–Crippen LogP) is 1.03. The molecule has 0 bridgehead atoms. The fraction of sp³-hybridized carbons (Fsp3) is 1.00. The van der Waals surface area contributed by atoms with Crippen LogP contribution in [0.2, 0.25) is 0 Å². The van der Waals surface area contributed by atoms with Crippen LogP contribution in [0.25, 0.3) is 0 Å². The maximum Gasteiger partial charge on any atom is 0.150 e. The third-order valence-electron chi connectivity index (χ3n) is 5.20. The summed E-state index contributed by atoms with van der Waals surface area (Å²) in [7, 11) is -2.74. The maximum atomic E-state index is 11.6. The van der Waals surface area contributed by atoms with E-state index in [2.05, 4.69) is 17.1 Å². The minimum atomic E-state index is -2.74. The third-order valence-corrected chi connectivity index (χ3v) is 6.92. The fourth-order valence-corrected chi connectivity index (χ4v) is 5.23. The Bertz CT molecular complexity index is 419. The highest BCUT2D eigenvalue weighted by atomic mass is 32.2. The van der Waals surface area contributed by atoms with E-state index in [1.807, 2.05) is 0 Å². The van der Waals surface area contributed by atoms with Gasteiger partial charge in [0, 0.05) is 18.1 Å². The van der Waals surface area contributed by atoms with Gasteiger partial charge >= 0.3 is 0 Å². The van der Waals surface area contributed by atoms with Gasteiger partial charge in [0.2, 0.25) is 0 Å². The Morgan fingerprint density at radius 3 is 2.47 bits per heavy atom. The molecule has 0 spiro atoms. The quantitative estimate of drug-likeness (QED) is 0.824. The maximum absolute atomic E-state index is 11.6. The van der Waals surface area contributed by atoms with Crippen LogP contribution in [0.4, 0.5) is 0 Å². The molecule has 4 nitrogen and oxygen atoms in total. The molecule has 2 saturated heterocycles. The largest absolute Gasteiger partial charge is 0.310 e. The van der Waals surface area contributed by atoms with Gasteiger partial charge in [-0.1, -0.05) is 0 Å². The molecule has 2 heterocycles. The zero-order valence-electron chi connectivity index (χ0n) is 11.9. The molecule has 0 aromatic rings. The first-order chi connectivity index (χ1) is 8.99. The second-order valence-corrected chi connectivity index (χ2v) is 9.13. The first-order valence-electron chi connectivity index (χ1n) is 7.68. The normalized spacial score (nSPS) is 37.9. The molecule has 2 aliphatic heterocycles. The Balaban J connectivity index is 1.66. The van der Waals surface area contributed by atoms with Crippen molar-refractivity contribution in [2.75, 3.05) is 31.1 Å². The molecular formula is C14H26N2O2S. The van der Waals surface area contributed by atoms with Crippen molar-refractivity contribution in [2.24, 2.45) is 5.92 Å². The molecule has 110 valence electrons. The summed E-state index contributed by atoms with van der Waals surface area (Å²) in [4.78, 5) is 2.58. The summed E-state index contributed by atoms with van der Waals surface area (Å²) < 4.78 is 23.1. The highest BCUT2D eigenvalue weighted by Crippen LogP contribution is 2.41. The van der Waals surface area contributed by atoms with Gasteiger partial charge in [0.25, 0.3) is 0 Å². The van der Waals surface area contributed by atoms with E-state index < -0.39 is 9.84 Å². The second-order valence-electron chi connectivity index (χ2n) is 6.83. The lowest BCUT2D eigenvalue weighted by Crippen LogP contribution is -2.53. The third kappa shape index (κ3) is 3.14. The van der Waals surface area contributed by atoms with Gasteiger partial charge in [0.15, 0.2) is 0 Å². The van der Waals surface area contributed by atoms with Crippen molar-refractivity contribution in [1.82, 2.24) is 10.2 Å². The summed E-state index contributed by atoms with van der Waals surface area (Å²) in [6.45, 7) is 5.69. The lowest BCUT2D eigenvalue weighted by Gasteiger charge is -2.39. The number of hydrogen-bond acceptors (Lipinski definition) is 4. The highest BCUT2D eigenvalue weighted by molar-refractivity contribution is 7.91. The summed E-state index contributed by atoms with van der Waals surface area (Å²) in [5.41, 5.74) is 0.257. The van der Waals surface area contributed by atoms with Crippen molar-refractivity contribution in [1.29, 1.82) is 0 Å². The van der Waals surface area contributed by atoms with E-state index in [-0.39, 0.29) is 5.54 Å². The molecule has 1 N–H and O–H groups in total. The summed E-state index contributed by atoms with van der Waals surface area (Å²) in [6.07, 6.45) is 5.57. The van der Waals surface area contributed by atoms with Gasteiger partial charge in [-0.2, -0.15) is 0 Å². The zero-order chi connectivity index (χ0) is 13.5. The van der Waals surface area contributed by atoms with Crippen LogP contribution < -0.4 is 5.32 Å². The SMILES string of the molecule is CC1(C2CC2)CN(C2CCS(=O)(=O)CC2)CCCN1. The summed E-state index contributed by atoms with van der Waals surface area (Å²) in [6, 6.07) is 0.487. The van der Waals surface area contributed by atoms with E-state index in [0.717, 1.165) is 38.4 Å². The van der Waals surface area contributed by atoms with E-state index in [9.17, 15) is 8.42 Å². The van der Waals surface area contributed by atoms with Crippen molar-refractivity contribution in [2.45, 2.75) is 50.6 Å². The molecule has 0 aromatic carbocycles. The van der Waals surface area contributed by atoms with Crippen molar-refractivity contribution in [3.05, 3.63) is 0 Å². The molecule has 0 radical (unpaired) electrons. The number of sulfone groups is 1. The van der Waals surface area contributed by atoms with Crippen LogP contribution in [0.1, 0.15) is 39.0 Å². The minimum Gasteiger partial charge on any atom is -0.310 e. The topological polar surface area (TPSA) is 49.4 Å². The van der Waals surface area contributed by atoms with Gasteiger partial charge in [-0.3, -0.25) is 4.90 Å². The van der Waals surface area contributed by atoms with Crippen LogP contribution >= 0.6 is 0 Å². The molecule has 0 amide bonds. The fourth-order valence-electron chi connectivity index (χ4n) is 3.76. The highest BCUT2D eigenvalue weighted by Gasteiger charge is 2.44. The summed E-state index contributed by atoms with van der Waals surface area (Å²) in [5.74, 6) is 1.61. The van der Waals surface area contributed by atoms with Crippen molar-refractivity contribution in [3.8, 4) is 0 Å². The van der Waals surface area contributed by atoms with Crippen molar-refractivity contribution < 1.29 is 8.42 Å². The van der Waals surface area contributed by atoms with E-state index >= 15 is 0 Å². The standard InChI is InChI=1S/C14H26N2O2S/c1-14(12-3-4-12)11-16(8-2-7-15-14)13-5-9-19(17,18)10-6-13/h12-13,15H,2-11H2,1H3. The van der Waals surface area contributed by atoms with Gasteiger partial charge in [-0.05, 0) is 58.0 Å². The van der Waals surface area contributed by atoms with Gasteiger partial charge in [0.1, 0.15) is 9.84 Å². The zero-order valence-corrected chi connectivity index (χ0v) is 12.7. The van der Waals surface area contributed by atoms with Crippen LogP contribution in [0.5, 0.6) is 0 Å². The Morgan fingerprint density at radius 1 is 1.16 bits per heavy atom.